The zero-order valence-corrected chi connectivity index (χ0v) is 19.3. The fourth-order valence-electron chi connectivity index (χ4n) is 3.29. The van der Waals surface area contributed by atoms with E-state index in [-0.39, 0.29) is 17.2 Å². The van der Waals surface area contributed by atoms with E-state index in [0.717, 1.165) is 22.4 Å². The molecule has 1 amide bonds. The molecule has 0 radical (unpaired) electrons. The minimum atomic E-state index is -3.60. The van der Waals surface area contributed by atoms with Crippen LogP contribution < -0.4 is 10.1 Å². The summed E-state index contributed by atoms with van der Waals surface area (Å²) < 4.78 is 32.8. The Labute approximate surface area is 180 Å². The Morgan fingerprint density at radius 2 is 1.73 bits per heavy atom. The molecule has 0 heterocycles. The van der Waals surface area contributed by atoms with Crippen LogP contribution in [0.3, 0.4) is 0 Å². The Hall–Kier alpha value is -2.38. The third kappa shape index (κ3) is 5.61. The summed E-state index contributed by atoms with van der Waals surface area (Å²) in [6.45, 7) is 10.6. The van der Waals surface area contributed by atoms with Gasteiger partial charge in [-0.2, -0.15) is 4.31 Å². The summed E-state index contributed by atoms with van der Waals surface area (Å²) in [5.74, 6) is 0.619. The number of sulfonamides is 1. The summed E-state index contributed by atoms with van der Waals surface area (Å²) in [7, 11) is -3.60. The van der Waals surface area contributed by atoms with E-state index in [1.165, 1.54) is 4.31 Å². The van der Waals surface area contributed by atoms with Crippen LogP contribution in [0.1, 0.15) is 43.9 Å². The molecule has 2 aromatic carbocycles. The molecule has 0 saturated heterocycles. The summed E-state index contributed by atoms with van der Waals surface area (Å²) in [4.78, 5) is 12.8. The second-order valence-electron chi connectivity index (χ2n) is 7.09. The number of para-hydroxylation sites is 1. The number of aryl methyl sites for hydroxylation is 2. The molecule has 7 heteroatoms. The lowest BCUT2D eigenvalue weighted by atomic mass is 10.1. The van der Waals surface area contributed by atoms with Crippen molar-refractivity contribution >= 4 is 21.6 Å². The van der Waals surface area contributed by atoms with Crippen LogP contribution in [-0.2, 0) is 21.2 Å². The molecule has 164 valence electrons. The number of anilines is 1. The maximum Gasteiger partial charge on any atom is 0.243 e. The van der Waals surface area contributed by atoms with E-state index in [0.29, 0.717) is 31.8 Å². The SMILES string of the molecule is CCOc1ccccc1CCC(=O)Nc1cc(S(=O)(=O)N(CC)CC)cc(C)c1C. The van der Waals surface area contributed by atoms with Crippen LogP contribution in [0.2, 0.25) is 0 Å². The molecule has 0 aliphatic rings. The third-order valence-electron chi connectivity index (χ3n) is 5.15. The van der Waals surface area contributed by atoms with Crippen molar-refractivity contribution in [1.82, 2.24) is 4.31 Å². The predicted octanol–water partition coefficient (Wildman–Crippen LogP) is 4.30. The smallest absolute Gasteiger partial charge is 0.243 e. The molecule has 1 N–H and O–H groups in total. The molecule has 0 saturated carbocycles. The highest BCUT2D eigenvalue weighted by Gasteiger charge is 2.23. The molecule has 0 atom stereocenters. The Bertz CT molecular complexity index is 983. The Kier molecular flexibility index (Phi) is 8.43. The van der Waals surface area contributed by atoms with Gasteiger partial charge in [-0.15, -0.1) is 0 Å². The zero-order chi connectivity index (χ0) is 22.3. The van der Waals surface area contributed by atoms with Crippen LogP contribution in [-0.4, -0.2) is 38.3 Å². The van der Waals surface area contributed by atoms with Gasteiger partial charge < -0.3 is 10.1 Å². The lowest BCUT2D eigenvalue weighted by molar-refractivity contribution is -0.116. The van der Waals surface area contributed by atoms with E-state index in [2.05, 4.69) is 5.32 Å². The van der Waals surface area contributed by atoms with Crippen LogP contribution in [0.5, 0.6) is 5.75 Å². The first-order chi connectivity index (χ1) is 14.2. The number of nitrogens with zero attached hydrogens (tertiary/aromatic N) is 1. The van der Waals surface area contributed by atoms with Crippen molar-refractivity contribution < 1.29 is 17.9 Å². The molecular weight excluding hydrogens is 400 g/mol. The molecule has 0 spiro atoms. The van der Waals surface area contributed by atoms with Crippen molar-refractivity contribution in [2.45, 2.75) is 52.4 Å². The summed E-state index contributed by atoms with van der Waals surface area (Å²) >= 11 is 0. The van der Waals surface area contributed by atoms with E-state index >= 15 is 0 Å². The van der Waals surface area contributed by atoms with Crippen molar-refractivity contribution in [2.24, 2.45) is 0 Å². The summed E-state index contributed by atoms with van der Waals surface area (Å²) in [6, 6.07) is 10.9. The van der Waals surface area contributed by atoms with Gasteiger partial charge in [-0.05, 0) is 62.1 Å². The number of carbonyl (C=O) groups excluding carboxylic acids is 1. The van der Waals surface area contributed by atoms with Gasteiger partial charge in [-0.25, -0.2) is 8.42 Å². The van der Waals surface area contributed by atoms with Crippen molar-refractivity contribution in [2.75, 3.05) is 25.0 Å². The minimum absolute atomic E-state index is 0.166. The maximum atomic E-state index is 12.9. The highest BCUT2D eigenvalue weighted by Crippen LogP contribution is 2.27. The number of amides is 1. The van der Waals surface area contributed by atoms with Crippen LogP contribution in [0.25, 0.3) is 0 Å². The van der Waals surface area contributed by atoms with E-state index in [4.69, 9.17) is 4.74 Å². The molecule has 0 aliphatic carbocycles. The maximum absolute atomic E-state index is 12.9. The van der Waals surface area contributed by atoms with Gasteiger partial charge in [0.1, 0.15) is 5.75 Å². The van der Waals surface area contributed by atoms with Crippen molar-refractivity contribution in [3.05, 3.63) is 53.1 Å². The van der Waals surface area contributed by atoms with E-state index < -0.39 is 10.0 Å². The van der Waals surface area contributed by atoms with Gasteiger partial charge in [0.05, 0.1) is 11.5 Å². The van der Waals surface area contributed by atoms with Gasteiger partial charge in [0.25, 0.3) is 0 Å². The molecule has 0 fully saturated rings. The average molecular weight is 433 g/mol. The largest absolute Gasteiger partial charge is 0.494 e. The molecule has 2 aromatic rings. The number of hydrogen-bond donors (Lipinski definition) is 1. The highest BCUT2D eigenvalue weighted by molar-refractivity contribution is 7.89. The van der Waals surface area contributed by atoms with E-state index in [9.17, 15) is 13.2 Å². The van der Waals surface area contributed by atoms with Gasteiger partial charge in [-0.3, -0.25) is 4.79 Å². The fraction of sp³-hybridized carbons (Fsp3) is 0.435. The topological polar surface area (TPSA) is 75.7 Å². The highest BCUT2D eigenvalue weighted by atomic mass is 32.2. The summed E-state index contributed by atoms with van der Waals surface area (Å²) in [5.41, 5.74) is 3.18. The fourth-order valence-corrected chi connectivity index (χ4v) is 4.86. The average Bonchev–Trinajstić information content (AvgIpc) is 2.71. The van der Waals surface area contributed by atoms with Gasteiger partial charge >= 0.3 is 0 Å². The predicted molar refractivity (Wildman–Crippen MR) is 121 cm³/mol. The Morgan fingerprint density at radius 1 is 1.07 bits per heavy atom. The summed E-state index contributed by atoms with van der Waals surface area (Å²) in [5, 5.41) is 2.90. The number of ether oxygens (including phenoxy) is 1. The second-order valence-corrected chi connectivity index (χ2v) is 9.03. The molecule has 30 heavy (non-hydrogen) atoms. The first-order valence-electron chi connectivity index (χ1n) is 10.4. The minimum Gasteiger partial charge on any atom is -0.494 e. The standard InChI is InChI=1S/C23H32N2O4S/c1-6-25(7-2)30(27,28)20-15-17(4)18(5)21(16-20)24-23(26)14-13-19-11-9-10-12-22(19)29-8-3/h9-12,15-16H,6-8,13-14H2,1-5H3,(H,24,26). The van der Waals surface area contributed by atoms with Gasteiger partial charge in [-0.1, -0.05) is 32.0 Å². The quantitative estimate of drug-likeness (QED) is 0.607. The number of hydrogen-bond acceptors (Lipinski definition) is 4. The van der Waals surface area contributed by atoms with Crippen LogP contribution in [0, 0.1) is 13.8 Å². The van der Waals surface area contributed by atoms with Crippen molar-refractivity contribution in [3.8, 4) is 5.75 Å². The number of nitrogens with one attached hydrogen (secondary N) is 1. The van der Waals surface area contributed by atoms with E-state index in [1.807, 2.05) is 58.9 Å². The Morgan fingerprint density at radius 3 is 2.37 bits per heavy atom. The second kappa shape index (κ2) is 10.6. The normalized spacial score (nSPS) is 11.5. The first kappa shape index (κ1) is 23.9. The van der Waals surface area contributed by atoms with Crippen LogP contribution >= 0.6 is 0 Å². The Balaban J connectivity index is 2.20. The van der Waals surface area contributed by atoms with Crippen LogP contribution in [0.4, 0.5) is 5.69 Å². The molecule has 0 unspecified atom stereocenters. The molecule has 6 nitrogen and oxygen atoms in total. The summed E-state index contributed by atoms with van der Waals surface area (Å²) in [6.07, 6.45) is 0.813. The number of benzene rings is 2. The lowest BCUT2D eigenvalue weighted by Crippen LogP contribution is -2.30. The molecule has 0 aromatic heterocycles. The van der Waals surface area contributed by atoms with Crippen LogP contribution in [0.15, 0.2) is 41.3 Å². The molecule has 0 aliphatic heterocycles. The van der Waals surface area contributed by atoms with Crippen molar-refractivity contribution in [1.29, 1.82) is 0 Å². The van der Waals surface area contributed by atoms with Gasteiger partial charge in [0.15, 0.2) is 0 Å². The van der Waals surface area contributed by atoms with Gasteiger partial charge in [0.2, 0.25) is 15.9 Å². The molecule has 2 rings (SSSR count). The van der Waals surface area contributed by atoms with Crippen molar-refractivity contribution in [3.63, 3.8) is 0 Å². The molecular formula is C23H32N2O4S. The van der Waals surface area contributed by atoms with E-state index in [1.54, 1.807) is 12.1 Å². The zero-order valence-electron chi connectivity index (χ0n) is 18.5. The monoisotopic (exact) mass is 432 g/mol. The number of carbonyl (C=O) groups is 1. The van der Waals surface area contributed by atoms with Gasteiger partial charge in [0, 0.05) is 25.2 Å². The molecule has 0 bridgehead atoms. The third-order valence-corrected chi connectivity index (χ3v) is 7.18. The number of rotatable bonds is 10. The lowest BCUT2D eigenvalue weighted by Gasteiger charge is -2.20. The first-order valence-corrected chi connectivity index (χ1v) is 11.8.